The Balaban J connectivity index is 3.53. The van der Waals surface area contributed by atoms with Crippen LogP contribution in [-0.2, 0) is 49.3 Å². The van der Waals surface area contributed by atoms with Gasteiger partial charge in [-0.1, -0.05) is 12.1 Å². The summed E-state index contributed by atoms with van der Waals surface area (Å²) < 4.78 is 22.4. The second-order valence-corrected chi connectivity index (χ2v) is 17.0. The molecule has 13 heteroatoms. The number of hydrogen-bond acceptors (Lipinski definition) is 13. The summed E-state index contributed by atoms with van der Waals surface area (Å²) in [5.41, 5.74) is 4.47. The van der Waals surface area contributed by atoms with Crippen LogP contribution in [-0.4, -0.2) is 125 Å². The first-order valence-electron chi connectivity index (χ1n) is 17.5. The first-order valence-corrected chi connectivity index (χ1v) is 17.5. The molecule has 0 aromatic heterocycles. The zero-order valence-electron chi connectivity index (χ0n) is 33.3. The van der Waals surface area contributed by atoms with Gasteiger partial charge >= 0.3 is 23.9 Å². The minimum absolute atomic E-state index is 0.0394. The monoisotopic (exact) mass is 720 g/mol. The smallest absolute Gasteiger partial charge is 0.320 e. The molecule has 290 valence electrons. The summed E-state index contributed by atoms with van der Waals surface area (Å²) in [7, 11) is 0. The minimum Gasteiger partial charge on any atom is -0.459 e. The summed E-state index contributed by atoms with van der Waals surface area (Å²) in [5.74, 6) is -2.17. The molecule has 0 saturated heterocycles. The van der Waals surface area contributed by atoms with Crippen LogP contribution in [0.2, 0.25) is 0 Å². The average molecular weight is 721 g/mol. The lowest BCUT2D eigenvalue weighted by Gasteiger charge is -2.36. The maximum atomic E-state index is 13.2. The molecule has 0 heterocycles. The Hall–Kier alpha value is -3.55. The highest BCUT2D eigenvalue weighted by atomic mass is 16.6. The lowest BCUT2D eigenvalue weighted by Crippen LogP contribution is -2.52. The summed E-state index contributed by atoms with van der Waals surface area (Å²) in [6.07, 6.45) is 0.389. The highest BCUT2D eigenvalue weighted by molar-refractivity contribution is 5.78. The van der Waals surface area contributed by atoms with E-state index in [9.17, 15) is 24.0 Å². The Kier molecular flexibility index (Phi) is 17.2. The zero-order valence-corrected chi connectivity index (χ0v) is 33.3. The Morgan fingerprint density at radius 1 is 0.569 bits per heavy atom. The van der Waals surface area contributed by atoms with Crippen LogP contribution in [0.15, 0.2) is 24.3 Å². The van der Waals surface area contributed by atoms with Crippen molar-refractivity contribution in [1.29, 1.82) is 0 Å². The number of hydrogen-bond donors (Lipinski definition) is 1. The standard InChI is InChI=1S/C38H64N4O9/c1-27(43)21-40(18-19-41(23-31(44)48-35(2,3)4)24-32(45)49-36(5,6)7)22-30(20-28-14-16-29(39)17-15-28)42(25-33(46)50-37(8,9)10)26-34(47)51-38(11,12)13/h14-17,30H,18-26,39H2,1-13H3/t30-/m1/s1. The molecular weight excluding hydrogens is 656 g/mol. The predicted octanol–water partition coefficient (Wildman–Crippen LogP) is 4.04. The molecule has 1 aromatic rings. The van der Waals surface area contributed by atoms with Crippen LogP contribution in [0.3, 0.4) is 0 Å². The number of nitrogen functional groups attached to an aromatic ring is 1. The number of ketones is 1. The second kappa shape index (κ2) is 19.3. The molecule has 0 aliphatic carbocycles. The van der Waals surface area contributed by atoms with Gasteiger partial charge in [0.15, 0.2) is 0 Å². The van der Waals surface area contributed by atoms with E-state index in [1.807, 2.05) is 17.0 Å². The fourth-order valence-corrected chi connectivity index (χ4v) is 5.09. The molecule has 0 aliphatic heterocycles. The summed E-state index contributed by atoms with van der Waals surface area (Å²) in [6, 6.07) is 6.81. The van der Waals surface area contributed by atoms with Crippen LogP contribution in [0.25, 0.3) is 0 Å². The quantitative estimate of drug-likeness (QED) is 0.132. The number of benzene rings is 1. The molecular formula is C38H64N4O9. The van der Waals surface area contributed by atoms with Crippen molar-refractivity contribution in [3.05, 3.63) is 29.8 Å². The van der Waals surface area contributed by atoms with Gasteiger partial charge in [-0.05, 0) is 114 Å². The third-order valence-corrected chi connectivity index (χ3v) is 6.66. The second-order valence-electron chi connectivity index (χ2n) is 17.0. The third-order valence-electron chi connectivity index (χ3n) is 6.66. The van der Waals surface area contributed by atoms with Gasteiger partial charge < -0.3 is 24.7 Å². The molecule has 1 rings (SSSR count). The number of nitrogens with zero attached hydrogens (tertiary/aromatic N) is 3. The van der Waals surface area contributed by atoms with Crippen LogP contribution in [0.1, 0.15) is 95.6 Å². The first-order chi connectivity index (χ1) is 23.1. The van der Waals surface area contributed by atoms with Gasteiger partial charge in [0.25, 0.3) is 0 Å². The Bertz CT molecular complexity index is 1240. The summed E-state index contributed by atoms with van der Waals surface area (Å²) in [5, 5.41) is 0. The number of rotatable bonds is 18. The summed E-state index contributed by atoms with van der Waals surface area (Å²) in [6.45, 7) is 22.6. The molecule has 0 bridgehead atoms. The van der Waals surface area contributed by atoms with Crippen molar-refractivity contribution in [2.75, 3.05) is 58.1 Å². The van der Waals surface area contributed by atoms with E-state index in [4.69, 9.17) is 24.7 Å². The highest BCUT2D eigenvalue weighted by Gasteiger charge is 2.31. The molecule has 1 aromatic carbocycles. The molecule has 0 aliphatic rings. The topological polar surface area (TPSA) is 158 Å². The van der Waals surface area contributed by atoms with E-state index >= 15 is 0 Å². The molecule has 51 heavy (non-hydrogen) atoms. The van der Waals surface area contributed by atoms with Crippen molar-refractivity contribution in [3.8, 4) is 0 Å². The lowest BCUT2D eigenvalue weighted by atomic mass is 10.0. The van der Waals surface area contributed by atoms with Crippen LogP contribution in [0.5, 0.6) is 0 Å². The maximum Gasteiger partial charge on any atom is 0.320 e. The molecule has 0 radical (unpaired) electrons. The third kappa shape index (κ3) is 22.8. The van der Waals surface area contributed by atoms with Crippen LogP contribution in [0.4, 0.5) is 5.69 Å². The van der Waals surface area contributed by atoms with Gasteiger partial charge in [-0.2, -0.15) is 0 Å². The van der Waals surface area contributed by atoms with Crippen molar-refractivity contribution in [2.45, 2.75) is 125 Å². The van der Waals surface area contributed by atoms with E-state index in [2.05, 4.69) is 0 Å². The largest absolute Gasteiger partial charge is 0.459 e. The number of nitrogens with two attached hydrogens (primary N) is 1. The van der Waals surface area contributed by atoms with Gasteiger partial charge in [0.2, 0.25) is 0 Å². The number of carbonyl (C=O) groups is 5. The molecule has 1 atom stereocenters. The van der Waals surface area contributed by atoms with Gasteiger partial charge in [0.05, 0.1) is 32.7 Å². The number of esters is 4. The van der Waals surface area contributed by atoms with Crippen LogP contribution < -0.4 is 5.73 Å². The van der Waals surface area contributed by atoms with Crippen molar-refractivity contribution < 1.29 is 42.9 Å². The van der Waals surface area contributed by atoms with Crippen molar-refractivity contribution in [2.24, 2.45) is 0 Å². The zero-order chi connectivity index (χ0) is 39.4. The normalized spacial score (nSPS) is 13.3. The van der Waals surface area contributed by atoms with Crippen LogP contribution >= 0.6 is 0 Å². The lowest BCUT2D eigenvalue weighted by molar-refractivity contribution is -0.162. The van der Waals surface area contributed by atoms with E-state index in [1.165, 1.54) is 6.92 Å². The highest BCUT2D eigenvalue weighted by Crippen LogP contribution is 2.17. The van der Waals surface area contributed by atoms with Gasteiger partial charge in [0.1, 0.15) is 28.2 Å². The summed E-state index contributed by atoms with van der Waals surface area (Å²) >= 11 is 0. The molecule has 2 N–H and O–H groups in total. The van der Waals surface area contributed by atoms with Gasteiger partial charge in [-0.3, -0.25) is 38.7 Å². The van der Waals surface area contributed by atoms with E-state index in [-0.39, 0.29) is 58.1 Å². The maximum absolute atomic E-state index is 13.2. The van der Waals surface area contributed by atoms with Crippen LogP contribution in [0, 0.1) is 0 Å². The van der Waals surface area contributed by atoms with E-state index in [1.54, 1.807) is 105 Å². The number of carbonyl (C=O) groups excluding carboxylic acids is 5. The Morgan fingerprint density at radius 3 is 1.27 bits per heavy atom. The predicted molar refractivity (Wildman–Crippen MR) is 197 cm³/mol. The van der Waals surface area contributed by atoms with Gasteiger partial charge in [0, 0.05) is 31.4 Å². The van der Waals surface area contributed by atoms with Gasteiger partial charge in [-0.15, -0.1) is 0 Å². The molecule has 0 amide bonds. The molecule has 0 saturated carbocycles. The minimum atomic E-state index is -0.756. The number of anilines is 1. The molecule has 0 unspecified atom stereocenters. The SMILES string of the molecule is CC(=O)CN(CCN(CC(=O)OC(C)(C)C)CC(=O)OC(C)(C)C)C[C@@H](Cc1ccc(N)cc1)N(CC(=O)OC(C)(C)C)CC(=O)OC(C)(C)C. The first kappa shape index (κ1) is 45.5. The fraction of sp³-hybridized carbons (Fsp3) is 0.711. The van der Waals surface area contributed by atoms with E-state index in [0.717, 1.165) is 5.56 Å². The molecule has 0 fully saturated rings. The fourth-order valence-electron chi connectivity index (χ4n) is 5.09. The average Bonchev–Trinajstić information content (AvgIpc) is 2.87. The van der Waals surface area contributed by atoms with Crippen molar-refractivity contribution in [3.63, 3.8) is 0 Å². The number of Topliss-reactive ketones (excluding diaryl/α,β-unsaturated/α-hetero) is 1. The number of ether oxygens (including phenoxy) is 4. The molecule has 0 spiro atoms. The Morgan fingerprint density at radius 2 is 0.922 bits per heavy atom. The van der Waals surface area contributed by atoms with Gasteiger partial charge in [-0.25, -0.2) is 0 Å². The molecule has 13 nitrogen and oxygen atoms in total. The summed E-state index contributed by atoms with van der Waals surface area (Å²) in [4.78, 5) is 70.0. The Labute approximate surface area is 305 Å². The van der Waals surface area contributed by atoms with Crippen molar-refractivity contribution in [1.82, 2.24) is 14.7 Å². The van der Waals surface area contributed by atoms with Crippen molar-refractivity contribution >= 4 is 35.3 Å². The van der Waals surface area contributed by atoms with E-state index in [0.29, 0.717) is 12.1 Å². The van der Waals surface area contributed by atoms with E-state index < -0.39 is 52.3 Å².